The number of hydrogen-bond donors (Lipinski definition) is 2. The number of thiazole rings is 1. The zero-order chi connectivity index (χ0) is 13.8. The van der Waals surface area contributed by atoms with Crippen molar-refractivity contribution in [3.05, 3.63) is 10.6 Å². The normalized spacial score (nSPS) is 14.8. The maximum atomic E-state index is 11.3. The molecule has 0 spiro atoms. The van der Waals surface area contributed by atoms with Crippen LogP contribution >= 0.6 is 23.1 Å². The van der Waals surface area contributed by atoms with Gasteiger partial charge in [-0.15, -0.1) is 11.3 Å². The third-order valence-electron chi connectivity index (χ3n) is 2.72. The number of aromatic nitrogens is 1. The van der Waals surface area contributed by atoms with Crippen LogP contribution < -0.4 is 5.32 Å². The monoisotopic (exact) mass is 301 g/mol. The number of nitrogens with zero attached hydrogens (tertiary/aromatic N) is 2. The molecule has 2 N–H and O–H groups in total. The first kappa shape index (κ1) is 14.1. The smallest absolute Gasteiger partial charge is 0.317 e. The average Bonchev–Trinajstić information content (AvgIpc) is 2.87. The Morgan fingerprint density at radius 3 is 3.05 bits per heavy atom. The van der Waals surface area contributed by atoms with E-state index in [1.165, 1.54) is 11.3 Å². The molecule has 0 radical (unpaired) electrons. The van der Waals surface area contributed by atoms with Crippen LogP contribution in [0.15, 0.2) is 4.34 Å². The lowest BCUT2D eigenvalue weighted by atomic mass is 10.3. The second-order valence-corrected chi connectivity index (χ2v) is 6.55. The summed E-state index contributed by atoms with van der Waals surface area (Å²) in [5, 5.41) is 11.5. The van der Waals surface area contributed by atoms with E-state index in [0.29, 0.717) is 13.1 Å². The molecule has 1 aromatic rings. The van der Waals surface area contributed by atoms with Gasteiger partial charge in [0.25, 0.3) is 0 Å². The molecule has 0 saturated carbocycles. The highest BCUT2D eigenvalue weighted by Gasteiger charge is 2.19. The molecule has 0 aromatic carbocycles. The van der Waals surface area contributed by atoms with Gasteiger partial charge in [-0.1, -0.05) is 11.8 Å². The minimum atomic E-state index is -0.836. The molecule has 0 unspecified atom stereocenters. The quantitative estimate of drug-likeness (QED) is 0.771. The Labute approximate surface area is 119 Å². The number of carbonyl (C=O) groups excluding carboxylic acids is 1. The van der Waals surface area contributed by atoms with Crippen molar-refractivity contribution in [1.82, 2.24) is 15.2 Å². The summed E-state index contributed by atoms with van der Waals surface area (Å²) in [5.74, 6) is -0.0654. The first-order valence-corrected chi connectivity index (χ1v) is 7.70. The SMILES string of the molecule is Cc1nc(SCCN2CCNC2=O)sc1CC(=O)O. The Hall–Kier alpha value is -1.28. The number of nitrogens with one attached hydrogen (secondary N) is 1. The van der Waals surface area contributed by atoms with Gasteiger partial charge in [-0.2, -0.15) is 0 Å². The van der Waals surface area contributed by atoms with Gasteiger partial charge in [-0.3, -0.25) is 4.79 Å². The maximum Gasteiger partial charge on any atom is 0.317 e. The number of amides is 2. The summed E-state index contributed by atoms with van der Waals surface area (Å²) in [7, 11) is 0. The lowest BCUT2D eigenvalue weighted by Gasteiger charge is -2.12. The molecule has 1 saturated heterocycles. The fourth-order valence-corrected chi connectivity index (χ4v) is 3.99. The largest absolute Gasteiger partial charge is 0.481 e. The van der Waals surface area contributed by atoms with Crippen molar-refractivity contribution in [3.63, 3.8) is 0 Å². The number of carboxylic acid groups (broad SMARTS) is 1. The Kier molecular flexibility index (Phi) is 4.65. The van der Waals surface area contributed by atoms with Gasteiger partial charge < -0.3 is 15.3 Å². The third kappa shape index (κ3) is 3.84. The molecule has 104 valence electrons. The molecule has 1 aromatic heterocycles. The van der Waals surface area contributed by atoms with Crippen molar-refractivity contribution in [2.75, 3.05) is 25.4 Å². The van der Waals surface area contributed by atoms with Crippen LogP contribution in [0.25, 0.3) is 0 Å². The van der Waals surface area contributed by atoms with Crippen LogP contribution in [-0.4, -0.2) is 52.4 Å². The highest BCUT2D eigenvalue weighted by Crippen LogP contribution is 2.27. The van der Waals surface area contributed by atoms with E-state index in [4.69, 9.17) is 5.11 Å². The van der Waals surface area contributed by atoms with Gasteiger partial charge in [0.15, 0.2) is 0 Å². The molecule has 1 fully saturated rings. The molecule has 8 heteroatoms. The second kappa shape index (κ2) is 6.25. The molecule has 2 heterocycles. The van der Waals surface area contributed by atoms with Crippen molar-refractivity contribution in [3.8, 4) is 0 Å². The van der Waals surface area contributed by atoms with Crippen LogP contribution in [0.1, 0.15) is 10.6 Å². The van der Waals surface area contributed by atoms with E-state index in [0.717, 1.165) is 27.2 Å². The average molecular weight is 301 g/mol. The standard InChI is InChI=1S/C11H15N3O3S2/c1-7-8(6-9(15)16)19-11(13-7)18-5-4-14-3-2-12-10(14)17/h2-6H2,1H3,(H,12,17)(H,15,16). The Bertz CT molecular complexity index is 490. The van der Waals surface area contributed by atoms with Crippen molar-refractivity contribution < 1.29 is 14.7 Å². The first-order chi connectivity index (χ1) is 9.06. The van der Waals surface area contributed by atoms with Gasteiger partial charge in [-0.25, -0.2) is 9.78 Å². The molecule has 19 heavy (non-hydrogen) atoms. The van der Waals surface area contributed by atoms with Gasteiger partial charge in [0.05, 0.1) is 12.1 Å². The van der Waals surface area contributed by atoms with E-state index in [1.807, 2.05) is 6.92 Å². The molecule has 1 aliphatic heterocycles. The highest BCUT2D eigenvalue weighted by atomic mass is 32.2. The van der Waals surface area contributed by atoms with Crippen molar-refractivity contribution >= 4 is 35.1 Å². The number of carbonyl (C=O) groups is 2. The molecule has 1 aliphatic rings. The number of thioether (sulfide) groups is 1. The Morgan fingerprint density at radius 2 is 2.42 bits per heavy atom. The predicted molar refractivity (Wildman–Crippen MR) is 73.9 cm³/mol. The maximum absolute atomic E-state index is 11.3. The van der Waals surface area contributed by atoms with E-state index in [1.54, 1.807) is 16.7 Å². The molecule has 6 nitrogen and oxygen atoms in total. The van der Waals surface area contributed by atoms with E-state index in [9.17, 15) is 9.59 Å². The highest BCUT2D eigenvalue weighted by molar-refractivity contribution is 8.01. The molecular weight excluding hydrogens is 286 g/mol. The fourth-order valence-electron chi connectivity index (χ4n) is 1.73. The van der Waals surface area contributed by atoms with Crippen LogP contribution in [0.2, 0.25) is 0 Å². The Balaban J connectivity index is 1.82. The zero-order valence-corrected chi connectivity index (χ0v) is 12.1. The minimum absolute atomic E-state index is 0.0116. The molecule has 2 rings (SSSR count). The van der Waals surface area contributed by atoms with Crippen molar-refractivity contribution in [2.24, 2.45) is 0 Å². The molecule has 0 bridgehead atoms. The number of aryl methyl sites for hydroxylation is 1. The third-order valence-corrected chi connectivity index (χ3v) is 5.00. The lowest BCUT2D eigenvalue weighted by molar-refractivity contribution is -0.136. The van der Waals surface area contributed by atoms with Gasteiger partial charge in [0.2, 0.25) is 0 Å². The van der Waals surface area contributed by atoms with E-state index >= 15 is 0 Å². The second-order valence-electron chi connectivity index (χ2n) is 4.13. The van der Waals surface area contributed by atoms with Crippen LogP contribution in [-0.2, 0) is 11.2 Å². The van der Waals surface area contributed by atoms with Crippen LogP contribution in [0.4, 0.5) is 4.79 Å². The van der Waals surface area contributed by atoms with Crippen LogP contribution in [0.3, 0.4) is 0 Å². The number of aliphatic carboxylic acids is 1. The summed E-state index contributed by atoms with van der Waals surface area (Å²) in [6, 6.07) is -0.0116. The van der Waals surface area contributed by atoms with E-state index in [2.05, 4.69) is 10.3 Å². The number of carboxylic acids is 1. The summed E-state index contributed by atoms with van der Waals surface area (Å²) >= 11 is 2.99. The summed E-state index contributed by atoms with van der Waals surface area (Å²) in [6.07, 6.45) is 0.0264. The summed E-state index contributed by atoms with van der Waals surface area (Å²) < 4.78 is 0.869. The van der Waals surface area contributed by atoms with Gasteiger partial charge in [0.1, 0.15) is 4.34 Å². The molecular formula is C11H15N3O3S2. The number of hydrogen-bond acceptors (Lipinski definition) is 5. The lowest BCUT2D eigenvalue weighted by Crippen LogP contribution is -2.30. The van der Waals surface area contributed by atoms with Gasteiger partial charge in [-0.05, 0) is 6.92 Å². The Morgan fingerprint density at radius 1 is 1.63 bits per heavy atom. The van der Waals surface area contributed by atoms with Crippen LogP contribution in [0, 0.1) is 6.92 Å². The fraction of sp³-hybridized carbons (Fsp3) is 0.545. The summed E-state index contributed by atoms with van der Waals surface area (Å²) in [5.41, 5.74) is 0.786. The number of urea groups is 1. The van der Waals surface area contributed by atoms with Gasteiger partial charge >= 0.3 is 12.0 Å². The molecule has 0 aliphatic carbocycles. The van der Waals surface area contributed by atoms with Crippen molar-refractivity contribution in [2.45, 2.75) is 17.7 Å². The van der Waals surface area contributed by atoms with Crippen LogP contribution in [0.5, 0.6) is 0 Å². The molecule has 2 amide bonds. The van der Waals surface area contributed by atoms with E-state index in [-0.39, 0.29) is 12.5 Å². The van der Waals surface area contributed by atoms with Gasteiger partial charge in [0, 0.05) is 30.3 Å². The first-order valence-electron chi connectivity index (χ1n) is 5.90. The number of rotatable bonds is 6. The van der Waals surface area contributed by atoms with Crippen molar-refractivity contribution in [1.29, 1.82) is 0 Å². The topological polar surface area (TPSA) is 82.5 Å². The minimum Gasteiger partial charge on any atom is -0.481 e. The summed E-state index contributed by atoms with van der Waals surface area (Å²) in [4.78, 5) is 28.9. The summed E-state index contributed by atoms with van der Waals surface area (Å²) in [6.45, 7) is 3.97. The predicted octanol–water partition coefficient (Wildman–Crippen LogP) is 1.20. The molecule has 0 atom stereocenters. The van der Waals surface area contributed by atoms with E-state index < -0.39 is 5.97 Å². The zero-order valence-electron chi connectivity index (χ0n) is 10.5.